The van der Waals surface area contributed by atoms with E-state index in [0.29, 0.717) is 5.56 Å². The van der Waals surface area contributed by atoms with Gasteiger partial charge < -0.3 is 9.72 Å². The van der Waals surface area contributed by atoms with Gasteiger partial charge >= 0.3 is 5.97 Å². The Morgan fingerprint density at radius 3 is 2.60 bits per heavy atom. The summed E-state index contributed by atoms with van der Waals surface area (Å²) in [4.78, 5) is 20.3. The van der Waals surface area contributed by atoms with Crippen molar-refractivity contribution in [2.24, 2.45) is 4.99 Å². The monoisotopic (exact) mass is 330 g/mol. The summed E-state index contributed by atoms with van der Waals surface area (Å²) in [6.07, 6.45) is 2.51. The zero-order valence-corrected chi connectivity index (χ0v) is 14.2. The first kappa shape index (κ1) is 15.4. The van der Waals surface area contributed by atoms with E-state index in [0.717, 1.165) is 34.6 Å². The molecule has 2 heterocycles. The second kappa shape index (κ2) is 6.06. The molecule has 0 amide bonds. The Morgan fingerprint density at radius 1 is 1.08 bits per heavy atom. The van der Waals surface area contributed by atoms with Crippen LogP contribution >= 0.6 is 0 Å². The molecule has 4 heteroatoms. The number of carbonyl (C=O) groups is 1. The number of fused-ring (bicyclic) bond motifs is 2. The number of carbonyl (C=O) groups excluding carboxylic acids is 1. The maximum atomic E-state index is 12.2. The van der Waals surface area contributed by atoms with Gasteiger partial charge in [-0.25, -0.2) is 9.79 Å². The van der Waals surface area contributed by atoms with Crippen molar-refractivity contribution in [1.29, 1.82) is 0 Å². The van der Waals surface area contributed by atoms with Crippen molar-refractivity contribution in [3.05, 3.63) is 88.2 Å². The molecule has 2 aromatic carbocycles. The summed E-state index contributed by atoms with van der Waals surface area (Å²) in [5.74, 6) is -0.364. The number of methoxy groups -OCH3 is 1. The topological polar surface area (TPSA) is 54.5 Å². The minimum absolute atomic E-state index is 0.364. The molecule has 1 aliphatic heterocycles. The lowest BCUT2D eigenvalue weighted by molar-refractivity contribution is 0.0600. The van der Waals surface area contributed by atoms with Gasteiger partial charge in [0, 0.05) is 29.4 Å². The van der Waals surface area contributed by atoms with Gasteiger partial charge in [0.15, 0.2) is 0 Å². The van der Waals surface area contributed by atoms with E-state index in [1.807, 2.05) is 37.3 Å². The van der Waals surface area contributed by atoms with Gasteiger partial charge in [-0.2, -0.15) is 0 Å². The number of aromatic nitrogens is 1. The molecule has 0 radical (unpaired) electrons. The SMILES string of the molecule is COC(=O)c1c[nH]c(C)c1C1=Nc2ccccc2Cc2ccccc21. The standard InChI is InChI=1S/C21H18N2O2/c1-13-19(17(12-22-13)21(24)25-2)20-16-9-5-3-7-14(16)11-15-8-4-6-10-18(15)23-20/h3-10,12,22H,11H2,1-2H3. The lowest BCUT2D eigenvalue weighted by atomic mass is 9.93. The van der Waals surface area contributed by atoms with Crippen molar-refractivity contribution in [3.63, 3.8) is 0 Å². The maximum absolute atomic E-state index is 12.2. The molecule has 1 aromatic heterocycles. The minimum atomic E-state index is -0.364. The number of nitrogens with zero attached hydrogens (tertiary/aromatic N) is 1. The van der Waals surface area contributed by atoms with E-state index in [-0.39, 0.29) is 5.97 Å². The Morgan fingerprint density at radius 2 is 1.80 bits per heavy atom. The van der Waals surface area contributed by atoms with E-state index in [1.54, 1.807) is 6.20 Å². The molecule has 124 valence electrons. The van der Waals surface area contributed by atoms with Crippen molar-refractivity contribution in [2.75, 3.05) is 7.11 Å². The quantitative estimate of drug-likeness (QED) is 0.561. The Bertz CT molecular complexity index is 999. The minimum Gasteiger partial charge on any atom is -0.465 e. The number of aryl methyl sites for hydroxylation is 1. The van der Waals surface area contributed by atoms with E-state index in [2.05, 4.69) is 23.2 Å². The van der Waals surface area contributed by atoms with Crippen LogP contribution in [0.5, 0.6) is 0 Å². The lowest BCUT2D eigenvalue weighted by Gasteiger charge is -2.11. The third kappa shape index (κ3) is 2.56. The highest BCUT2D eigenvalue weighted by Crippen LogP contribution is 2.32. The van der Waals surface area contributed by atoms with Gasteiger partial charge in [0.1, 0.15) is 0 Å². The molecule has 3 aromatic rings. The second-order valence-electron chi connectivity index (χ2n) is 6.12. The molecule has 0 aliphatic carbocycles. The molecule has 4 nitrogen and oxygen atoms in total. The third-order valence-electron chi connectivity index (χ3n) is 4.60. The Balaban J connectivity index is 2.02. The molecule has 0 saturated carbocycles. The molecule has 0 atom stereocenters. The van der Waals surface area contributed by atoms with Gasteiger partial charge in [-0.15, -0.1) is 0 Å². The van der Waals surface area contributed by atoms with E-state index in [9.17, 15) is 4.79 Å². The van der Waals surface area contributed by atoms with Gasteiger partial charge in [-0.3, -0.25) is 0 Å². The highest BCUT2D eigenvalue weighted by atomic mass is 16.5. The Labute approximate surface area is 146 Å². The fraction of sp³-hybridized carbons (Fsp3) is 0.143. The number of aromatic amines is 1. The predicted octanol–water partition coefficient (Wildman–Crippen LogP) is 4.18. The number of benzene rings is 2. The molecule has 1 aliphatic rings. The van der Waals surface area contributed by atoms with Gasteiger partial charge in [-0.1, -0.05) is 42.5 Å². The first-order chi connectivity index (χ1) is 12.2. The van der Waals surface area contributed by atoms with Crippen LogP contribution in [-0.2, 0) is 11.2 Å². The molecule has 0 unspecified atom stereocenters. The predicted molar refractivity (Wildman–Crippen MR) is 97.9 cm³/mol. The van der Waals surface area contributed by atoms with Crippen LogP contribution in [0.2, 0.25) is 0 Å². The normalized spacial score (nSPS) is 12.6. The number of para-hydroxylation sites is 1. The molecular formula is C21H18N2O2. The highest BCUT2D eigenvalue weighted by molar-refractivity contribution is 6.20. The summed E-state index contributed by atoms with van der Waals surface area (Å²) in [6, 6.07) is 16.4. The summed E-state index contributed by atoms with van der Waals surface area (Å²) in [5, 5.41) is 0. The average Bonchev–Trinajstić information content (AvgIpc) is 2.93. The number of esters is 1. The maximum Gasteiger partial charge on any atom is 0.340 e. The van der Waals surface area contributed by atoms with E-state index < -0.39 is 0 Å². The Hall–Kier alpha value is -3.14. The molecule has 4 rings (SSSR count). The molecule has 0 spiro atoms. The first-order valence-electron chi connectivity index (χ1n) is 8.20. The number of H-pyrrole nitrogens is 1. The van der Waals surface area contributed by atoms with Gasteiger partial charge in [0.2, 0.25) is 0 Å². The molecule has 0 fully saturated rings. The summed E-state index contributed by atoms with van der Waals surface area (Å²) in [7, 11) is 1.40. The van der Waals surface area contributed by atoms with Crippen LogP contribution in [0.15, 0.2) is 59.7 Å². The lowest BCUT2D eigenvalue weighted by Crippen LogP contribution is -2.12. The summed E-state index contributed by atoms with van der Waals surface area (Å²) in [6.45, 7) is 1.95. The zero-order valence-electron chi connectivity index (χ0n) is 14.2. The van der Waals surface area contributed by atoms with E-state index in [4.69, 9.17) is 9.73 Å². The second-order valence-corrected chi connectivity index (χ2v) is 6.12. The van der Waals surface area contributed by atoms with Crippen molar-refractivity contribution >= 4 is 17.4 Å². The van der Waals surface area contributed by atoms with Crippen molar-refractivity contribution in [3.8, 4) is 0 Å². The Kier molecular flexibility index (Phi) is 3.73. The summed E-state index contributed by atoms with van der Waals surface area (Å²) < 4.78 is 4.96. The summed E-state index contributed by atoms with van der Waals surface area (Å²) >= 11 is 0. The molecule has 1 N–H and O–H groups in total. The largest absolute Gasteiger partial charge is 0.465 e. The van der Waals surface area contributed by atoms with Crippen molar-refractivity contribution in [2.45, 2.75) is 13.3 Å². The zero-order chi connectivity index (χ0) is 17.4. The van der Waals surface area contributed by atoms with Gasteiger partial charge in [-0.05, 0) is 24.1 Å². The number of nitrogens with one attached hydrogen (secondary N) is 1. The van der Waals surface area contributed by atoms with Crippen LogP contribution in [0.4, 0.5) is 5.69 Å². The van der Waals surface area contributed by atoms with Crippen LogP contribution in [0.25, 0.3) is 0 Å². The molecule has 0 saturated heterocycles. The number of ether oxygens (including phenoxy) is 1. The van der Waals surface area contributed by atoms with Crippen LogP contribution in [0.3, 0.4) is 0 Å². The van der Waals surface area contributed by atoms with E-state index in [1.165, 1.54) is 18.2 Å². The van der Waals surface area contributed by atoms with Crippen LogP contribution in [0, 0.1) is 6.92 Å². The average molecular weight is 330 g/mol. The third-order valence-corrected chi connectivity index (χ3v) is 4.60. The number of aliphatic imine (C=N–C) groups is 1. The van der Waals surface area contributed by atoms with Gasteiger partial charge in [0.25, 0.3) is 0 Å². The molecule has 25 heavy (non-hydrogen) atoms. The van der Waals surface area contributed by atoms with Crippen LogP contribution in [-0.4, -0.2) is 23.8 Å². The summed E-state index contributed by atoms with van der Waals surface area (Å²) in [5.41, 5.74) is 7.37. The molecular weight excluding hydrogens is 312 g/mol. The van der Waals surface area contributed by atoms with E-state index >= 15 is 0 Å². The number of hydrogen-bond acceptors (Lipinski definition) is 3. The number of rotatable bonds is 2. The van der Waals surface area contributed by atoms with Crippen molar-refractivity contribution in [1.82, 2.24) is 4.98 Å². The van der Waals surface area contributed by atoms with Crippen LogP contribution in [0.1, 0.15) is 38.3 Å². The fourth-order valence-corrected chi connectivity index (χ4v) is 3.35. The smallest absolute Gasteiger partial charge is 0.340 e. The molecule has 0 bridgehead atoms. The fourth-order valence-electron chi connectivity index (χ4n) is 3.35. The number of hydrogen-bond donors (Lipinski definition) is 1. The highest BCUT2D eigenvalue weighted by Gasteiger charge is 2.25. The first-order valence-corrected chi connectivity index (χ1v) is 8.20. The van der Waals surface area contributed by atoms with Crippen molar-refractivity contribution < 1.29 is 9.53 Å². The van der Waals surface area contributed by atoms with Gasteiger partial charge in [0.05, 0.1) is 24.1 Å². The van der Waals surface area contributed by atoms with Crippen LogP contribution < -0.4 is 0 Å².